The first-order chi connectivity index (χ1) is 8.85. The summed E-state index contributed by atoms with van der Waals surface area (Å²) in [5, 5.41) is 3.48. The number of hydrogen-bond donors (Lipinski definition) is 1. The summed E-state index contributed by atoms with van der Waals surface area (Å²) in [6.45, 7) is 12.8. The Hall–Kier alpha value is -0.800. The number of furan rings is 1. The van der Waals surface area contributed by atoms with Gasteiger partial charge in [-0.2, -0.15) is 0 Å². The topological polar surface area (TPSA) is 28.4 Å². The Morgan fingerprint density at radius 2 is 1.89 bits per heavy atom. The fourth-order valence-electron chi connectivity index (χ4n) is 2.26. The molecule has 1 rings (SSSR count). The smallest absolute Gasteiger partial charge is 0.118 e. The minimum Gasteiger partial charge on any atom is -0.468 e. The van der Waals surface area contributed by atoms with Gasteiger partial charge in [-0.25, -0.2) is 0 Å². The molecule has 0 bridgehead atoms. The van der Waals surface area contributed by atoms with Crippen molar-refractivity contribution in [1.82, 2.24) is 10.2 Å². The molecule has 0 aliphatic carbocycles. The lowest BCUT2D eigenvalue weighted by atomic mass is 10.1. The highest BCUT2D eigenvalue weighted by Gasteiger charge is 2.14. The van der Waals surface area contributed by atoms with E-state index in [-0.39, 0.29) is 5.54 Å². The van der Waals surface area contributed by atoms with Crippen LogP contribution in [0.2, 0.25) is 0 Å². The molecule has 0 unspecified atom stereocenters. The highest BCUT2D eigenvalue weighted by molar-refractivity contribution is 5.13. The summed E-state index contributed by atoms with van der Waals surface area (Å²) in [5.74, 6) is 1.06. The second-order valence-electron chi connectivity index (χ2n) is 6.41. The van der Waals surface area contributed by atoms with Crippen molar-refractivity contribution in [2.75, 3.05) is 7.05 Å². The molecule has 0 aliphatic rings. The number of hydrogen-bond acceptors (Lipinski definition) is 3. The van der Waals surface area contributed by atoms with Gasteiger partial charge in [0.1, 0.15) is 5.76 Å². The monoisotopic (exact) mass is 266 g/mol. The molecule has 0 radical (unpaired) electrons. The molecule has 0 saturated heterocycles. The molecular formula is C16H30N2O. The Labute approximate surface area is 118 Å². The molecule has 19 heavy (non-hydrogen) atoms. The lowest BCUT2D eigenvalue weighted by Gasteiger charge is -2.24. The van der Waals surface area contributed by atoms with E-state index in [1.54, 1.807) is 0 Å². The standard InChI is InChI=1S/C16H30N2O/c1-7-14(8-2)18(6)11-15-9-13(12-19-15)10-17-16(3,4)5/h9,12,14,17H,7-8,10-11H2,1-6H3. The maximum absolute atomic E-state index is 5.66. The molecule has 1 N–H and O–H groups in total. The molecule has 1 heterocycles. The molecule has 3 nitrogen and oxygen atoms in total. The lowest BCUT2D eigenvalue weighted by Crippen LogP contribution is -2.34. The van der Waals surface area contributed by atoms with Gasteiger partial charge in [0.25, 0.3) is 0 Å². The Kier molecular flexibility index (Phi) is 6.08. The van der Waals surface area contributed by atoms with Crippen molar-refractivity contribution in [2.24, 2.45) is 0 Å². The van der Waals surface area contributed by atoms with Crippen LogP contribution in [0.3, 0.4) is 0 Å². The van der Waals surface area contributed by atoms with Crippen LogP contribution in [-0.2, 0) is 13.1 Å². The van der Waals surface area contributed by atoms with Crippen molar-refractivity contribution in [1.29, 1.82) is 0 Å². The zero-order valence-corrected chi connectivity index (χ0v) is 13.4. The summed E-state index contributed by atoms with van der Waals surface area (Å²) >= 11 is 0. The van der Waals surface area contributed by atoms with Gasteiger partial charge >= 0.3 is 0 Å². The van der Waals surface area contributed by atoms with E-state index in [1.807, 2.05) is 6.26 Å². The van der Waals surface area contributed by atoms with E-state index in [2.05, 4.69) is 57.9 Å². The molecule has 0 spiro atoms. The van der Waals surface area contributed by atoms with Crippen LogP contribution in [-0.4, -0.2) is 23.5 Å². The van der Waals surface area contributed by atoms with Crippen molar-refractivity contribution in [3.63, 3.8) is 0 Å². The molecular weight excluding hydrogens is 236 g/mol. The van der Waals surface area contributed by atoms with Gasteiger partial charge in [-0.1, -0.05) is 13.8 Å². The average molecular weight is 266 g/mol. The Balaban J connectivity index is 2.50. The predicted octanol–water partition coefficient (Wildman–Crippen LogP) is 3.79. The summed E-state index contributed by atoms with van der Waals surface area (Å²) < 4.78 is 5.66. The molecule has 110 valence electrons. The molecule has 0 atom stereocenters. The van der Waals surface area contributed by atoms with Crippen LogP contribution in [0.25, 0.3) is 0 Å². The average Bonchev–Trinajstić information content (AvgIpc) is 2.75. The largest absolute Gasteiger partial charge is 0.468 e. The van der Waals surface area contributed by atoms with Crippen LogP contribution in [0.1, 0.15) is 58.8 Å². The van der Waals surface area contributed by atoms with Crippen LogP contribution in [0.15, 0.2) is 16.7 Å². The van der Waals surface area contributed by atoms with E-state index in [1.165, 1.54) is 18.4 Å². The van der Waals surface area contributed by atoms with Crippen LogP contribution >= 0.6 is 0 Å². The SMILES string of the molecule is CCC(CC)N(C)Cc1cc(CNC(C)(C)C)co1. The molecule has 3 heteroatoms. The van der Waals surface area contributed by atoms with Gasteiger partial charge in [0.05, 0.1) is 12.8 Å². The van der Waals surface area contributed by atoms with Crippen molar-refractivity contribution in [2.45, 2.75) is 72.1 Å². The first kappa shape index (κ1) is 16.3. The zero-order chi connectivity index (χ0) is 14.5. The normalized spacial score (nSPS) is 12.6. The maximum atomic E-state index is 5.66. The zero-order valence-electron chi connectivity index (χ0n) is 13.4. The summed E-state index contributed by atoms with van der Waals surface area (Å²) in [6.07, 6.45) is 4.24. The molecule has 0 fully saturated rings. The van der Waals surface area contributed by atoms with Crippen molar-refractivity contribution in [3.05, 3.63) is 23.7 Å². The van der Waals surface area contributed by atoms with Crippen LogP contribution in [0, 0.1) is 0 Å². The Bertz CT molecular complexity index is 361. The van der Waals surface area contributed by atoms with Gasteiger partial charge in [0.2, 0.25) is 0 Å². The third-order valence-electron chi connectivity index (χ3n) is 3.50. The third-order valence-corrected chi connectivity index (χ3v) is 3.50. The first-order valence-electron chi connectivity index (χ1n) is 7.37. The first-order valence-corrected chi connectivity index (χ1v) is 7.37. The fraction of sp³-hybridized carbons (Fsp3) is 0.750. The summed E-state index contributed by atoms with van der Waals surface area (Å²) in [7, 11) is 2.17. The van der Waals surface area contributed by atoms with Crippen molar-refractivity contribution < 1.29 is 4.42 Å². The summed E-state index contributed by atoms with van der Waals surface area (Å²) in [6, 6.07) is 2.80. The molecule has 0 saturated carbocycles. The van der Waals surface area contributed by atoms with Crippen LogP contribution in [0.5, 0.6) is 0 Å². The lowest BCUT2D eigenvalue weighted by molar-refractivity contribution is 0.206. The second kappa shape index (κ2) is 7.11. The van der Waals surface area contributed by atoms with Gasteiger partial charge in [0, 0.05) is 23.7 Å². The minimum absolute atomic E-state index is 0.143. The van der Waals surface area contributed by atoms with Gasteiger partial charge < -0.3 is 9.73 Å². The van der Waals surface area contributed by atoms with E-state index in [0.717, 1.165) is 18.8 Å². The quantitative estimate of drug-likeness (QED) is 0.814. The second-order valence-corrected chi connectivity index (χ2v) is 6.41. The molecule has 1 aromatic rings. The van der Waals surface area contributed by atoms with Crippen LogP contribution < -0.4 is 5.32 Å². The van der Waals surface area contributed by atoms with Gasteiger partial charge in [-0.15, -0.1) is 0 Å². The van der Waals surface area contributed by atoms with Crippen molar-refractivity contribution in [3.8, 4) is 0 Å². The third kappa shape index (κ3) is 5.79. The van der Waals surface area contributed by atoms with E-state index in [0.29, 0.717) is 6.04 Å². The van der Waals surface area contributed by atoms with Gasteiger partial charge in [-0.3, -0.25) is 4.90 Å². The molecule has 0 amide bonds. The van der Waals surface area contributed by atoms with Gasteiger partial charge in [-0.05, 0) is 46.7 Å². The number of rotatable bonds is 7. The van der Waals surface area contributed by atoms with Crippen LogP contribution in [0.4, 0.5) is 0 Å². The predicted molar refractivity (Wildman–Crippen MR) is 81.1 cm³/mol. The Morgan fingerprint density at radius 3 is 2.42 bits per heavy atom. The van der Waals surface area contributed by atoms with Gasteiger partial charge in [0.15, 0.2) is 0 Å². The number of nitrogens with zero attached hydrogens (tertiary/aromatic N) is 1. The van der Waals surface area contributed by atoms with Crippen molar-refractivity contribution >= 4 is 0 Å². The fourth-order valence-corrected chi connectivity index (χ4v) is 2.26. The summed E-state index contributed by atoms with van der Waals surface area (Å²) in [5.41, 5.74) is 1.37. The molecule has 1 aromatic heterocycles. The van der Waals surface area contributed by atoms with E-state index in [9.17, 15) is 0 Å². The Morgan fingerprint density at radius 1 is 1.26 bits per heavy atom. The van der Waals surface area contributed by atoms with E-state index < -0.39 is 0 Å². The maximum Gasteiger partial charge on any atom is 0.118 e. The number of nitrogens with one attached hydrogen (secondary N) is 1. The summed E-state index contributed by atoms with van der Waals surface area (Å²) in [4.78, 5) is 2.37. The van der Waals surface area contributed by atoms with E-state index >= 15 is 0 Å². The molecule has 0 aliphatic heterocycles. The highest BCUT2D eigenvalue weighted by Crippen LogP contribution is 2.14. The molecule has 0 aromatic carbocycles. The van der Waals surface area contributed by atoms with E-state index in [4.69, 9.17) is 4.42 Å². The highest BCUT2D eigenvalue weighted by atomic mass is 16.3. The minimum atomic E-state index is 0.143.